The van der Waals surface area contributed by atoms with E-state index in [0.29, 0.717) is 12.0 Å². The number of fused-ring (bicyclic) bond motifs is 1. The van der Waals surface area contributed by atoms with E-state index in [1.165, 1.54) is 14.1 Å². The second kappa shape index (κ2) is 7.05. The minimum absolute atomic E-state index is 0.0956. The number of hydrogen-bond donors (Lipinski definition) is 0. The molecule has 1 aliphatic carbocycles. The summed E-state index contributed by atoms with van der Waals surface area (Å²) in [6, 6.07) is 7.16. The highest BCUT2D eigenvalue weighted by Gasteiger charge is 2.41. The van der Waals surface area contributed by atoms with Crippen molar-refractivity contribution in [1.29, 1.82) is 0 Å². The van der Waals surface area contributed by atoms with Crippen molar-refractivity contribution in [1.82, 2.24) is 9.80 Å². The molecule has 25 heavy (non-hydrogen) atoms. The highest BCUT2D eigenvalue weighted by molar-refractivity contribution is 6.32. The molecule has 5 nitrogen and oxygen atoms in total. The molecule has 0 aromatic heterocycles. The quantitative estimate of drug-likeness (QED) is 0.534. The standard InChI is InChI=1S/C18H18N2O3.C2H6/c1-10(2)13-9-14(12-8-6-5-7-11(12)13)15-16(21)19(3)18(23)20(4)17(15)22;1-2/h5-8H,9H2,1-4H3;1-2H3. The molecular weight excluding hydrogens is 316 g/mol. The van der Waals surface area contributed by atoms with Crippen molar-refractivity contribution in [3.05, 3.63) is 46.5 Å². The van der Waals surface area contributed by atoms with E-state index >= 15 is 0 Å². The van der Waals surface area contributed by atoms with E-state index in [-0.39, 0.29) is 5.57 Å². The number of nitrogens with zero attached hydrogens (tertiary/aromatic N) is 2. The lowest BCUT2D eigenvalue weighted by Crippen LogP contribution is -2.53. The van der Waals surface area contributed by atoms with Crippen LogP contribution in [0.4, 0.5) is 4.79 Å². The maximum Gasteiger partial charge on any atom is 0.333 e. The molecule has 0 bridgehead atoms. The number of hydrogen-bond acceptors (Lipinski definition) is 3. The lowest BCUT2D eigenvalue weighted by atomic mass is 9.98. The fraction of sp³-hybridized carbons (Fsp3) is 0.350. The zero-order valence-electron chi connectivity index (χ0n) is 15.6. The first-order valence-electron chi connectivity index (χ1n) is 8.44. The number of carbonyl (C=O) groups is 3. The molecule has 1 aromatic carbocycles. The van der Waals surface area contributed by atoms with Crippen molar-refractivity contribution >= 4 is 29.0 Å². The molecule has 1 aromatic rings. The first kappa shape index (κ1) is 18.6. The van der Waals surface area contributed by atoms with Crippen LogP contribution >= 0.6 is 0 Å². The van der Waals surface area contributed by atoms with Gasteiger partial charge in [0.05, 0.1) is 0 Å². The Morgan fingerprint density at radius 3 is 1.84 bits per heavy atom. The SMILES string of the molecule is CC.CC(C)=C1CC(=C2C(=O)N(C)C(=O)N(C)C2=O)c2ccccc21. The molecule has 5 heteroatoms. The smallest absolute Gasteiger partial charge is 0.268 e. The number of carbonyl (C=O) groups excluding carboxylic acids is 3. The minimum atomic E-state index is -0.599. The van der Waals surface area contributed by atoms with E-state index in [2.05, 4.69) is 0 Å². The largest absolute Gasteiger partial charge is 0.333 e. The predicted molar refractivity (Wildman–Crippen MR) is 98.5 cm³/mol. The summed E-state index contributed by atoms with van der Waals surface area (Å²) in [4.78, 5) is 39.0. The number of benzene rings is 1. The highest BCUT2D eigenvalue weighted by Crippen LogP contribution is 2.44. The number of rotatable bonds is 0. The van der Waals surface area contributed by atoms with Gasteiger partial charge >= 0.3 is 6.03 Å². The van der Waals surface area contributed by atoms with Crippen LogP contribution in [0.2, 0.25) is 0 Å². The summed E-state index contributed by atoms with van der Waals surface area (Å²) >= 11 is 0. The number of allylic oxidation sites excluding steroid dienone is 3. The Kier molecular flexibility index (Phi) is 5.26. The maximum absolute atomic E-state index is 12.5. The predicted octanol–water partition coefficient (Wildman–Crippen LogP) is 3.71. The highest BCUT2D eigenvalue weighted by atomic mass is 16.2. The van der Waals surface area contributed by atoms with E-state index in [1.54, 1.807) is 0 Å². The molecule has 1 fully saturated rings. The molecule has 0 saturated carbocycles. The maximum atomic E-state index is 12.5. The Morgan fingerprint density at radius 2 is 1.36 bits per heavy atom. The van der Waals surface area contributed by atoms with Crippen LogP contribution in [0.5, 0.6) is 0 Å². The Bertz CT molecular complexity index is 788. The van der Waals surface area contributed by atoms with Gasteiger partial charge in [0.15, 0.2) is 0 Å². The van der Waals surface area contributed by atoms with Crippen molar-refractivity contribution in [2.75, 3.05) is 14.1 Å². The summed E-state index contributed by atoms with van der Waals surface area (Å²) in [7, 11) is 2.80. The monoisotopic (exact) mass is 340 g/mol. The average Bonchev–Trinajstić information content (AvgIpc) is 3.00. The van der Waals surface area contributed by atoms with Gasteiger partial charge in [-0.15, -0.1) is 0 Å². The van der Waals surface area contributed by atoms with Crippen LogP contribution in [0.1, 0.15) is 45.2 Å². The Balaban J connectivity index is 0.00000109. The van der Waals surface area contributed by atoms with E-state index in [1.807, 2.05) is 52.0 Å². The van der Waals surface area contributed by atoms with Gasteiger partial charge in [0.2, 0.25) is 0 Å². The first-order valence-corrected chi connectivity index (χ1v) is 8.44. The zero-order valence-corrected chi connectivity index (χ0v) is 15.6. The molecule has 0 radical (unpaired) electrons. The normalized spacial score (nSPS) is 16.9. The van der Waals surface area contributed by atoms with Crippen LogP contribution in [-0.4, -0.2) is 41.7 Å². The van der Waals surface area contributed by atoms with Gasteiger partial charge in [0.1, 0.15) is 5.57 Å². The molecule has 132 valence electrons. The van der Waals surface area contributed by atoms with Gasteiger partial charge in [0, 0.05) is 14.1 Å². The fourth-order valence-electron chi connectivity index (χ4n) is 3.13. The third-order valence-electron chi connectivity index (χ3n) is 4.45. The van der Waals surface area contributed by atoms with Crippen molar-refractivity contribution < 1.29 is 14.4 Å². The summed E-state index contributed by atoms with van der Waals surface area (Å²) in [6.45, 7) is 8.04. The van der Waals surface area contributed by atoms with Crippen LogP contribution in [0, 0.1) is 0 Å². The van der Waals surface area contributed by atoms with Gasteiger partial charge in [-0.25, -0.2) is 4.79 Å². The molecule has 1 aliphatic heterocycles. The van der Waals surface area contributed by atoms with Gasteiger partial charge in [-0.3, -0.25) is 19.4 Å². The van der Waals surface area contributed by atoms with Gasteiger partial charge in [-0.1, -0.05) is 43.7 Å². The van der Waals surface area contributed by atoms with Crippen molar-refractivity contribution in [3.63, 3.8) is 0 Å². The van der Waals surface area contributed by atoms with Crippen molar-refractivity contribution in [2.45, 2.75) is 34.1 Å². The third-order valence-corrected chi connectivity index (χ3v) is 4.45. The van der Waals surface area contributed by atoms with Gasteiger partial charge in [0.25, 0.3) is 11.8 Å². The topological polar surface area (TPSA) is 57.7 Å². The van der Waals surface area contributed by atoms with Crippen molar-refractivity contribution in [3.8, 4) is 0 Å². The zero-order chi connectivity index (χ0) is 18.9. The van der Waals surface area contributed by atoms with E-state index in [0.717, 1.165) is 32.1 Å². The molecule has 0 N–H and O–H groups in total. The fourth-order valence-corrected chi connectivity index (χ4v) is 3.13. The third kappa shape index (κ3) is 2.90. The molecule has 2 aliphatic rings. The van der Waals surface area contributed by atoms with Crippen LogP contribution in [-0.2, 0) is 9.59 Å². The molecular formula is C20H24N2O3. The lowest BCUT2D eigenvalue weighted by Gasteiger charge is -2.30. The summed E-state index contributed by atoms with van der Waals surface area (Å²) < 4.78 is 0. The molecule has 3 rings (SSSR count). The molecule has 1 saturated heterocycles. The number of likely N-dealkylation sites (N-methyl/N-ethyl adjacent to an activating group) is 2. The second-order valence-corrected chi connectivity index (χ2v) is 6.07. The average molecular weight is 340 g/mol. The van der Waals surface area contributed by atoms with E-state index in [4.69, 9.17) is 0 Å². The number of urea groups is 1. The summed E-state index contributed by atoms with van der Waals surface area (Å²) in [5, 5.41) is 0. The van der Waals surface area contributed by atoms with Crippen LogP contribution in [0.3, 0.4) is 0 Å². The Hall–Kier alpha value is -2.69. The summed E-state index contributed by atoms with van der Waals surface area (Å²) in [6.07, 6.45) is 0.532. The lowest BCUT2D eigenvalue weighted by molar-refractivity contribution is -0.134. The van der Waals surface area contributed by atoms with Gasteiger partial charge in [-0.05, 0) is 42.5 Å². The molecule has 0 unspecified atom stereocenters. The van der Waals surface area contributed by atoms with E-state index < -0.39 is 17.8 Å². The minimum Gasteiger partial charge on any atom is -0.268 e. The van der Waals surface area contributed by atoms with Crippen LogP contribution < -0.4 is 0 Å². The van der Waals surface area contributed by atoms with Crippen LogP contribution in [0.25, 0.3) is 11.1 Å². The summed E-state index contributed by atoms with van der Waals surface area (Å²) in [5.41, 5.74) is 5.04. The Morgan fingerprint density at radius 1 is 0.880 bits per heavy atom. The molecule has 0 atom stereocenters. The van der Waals surface area contributed by atoms with Crippen molar-refractivity contribution in [2.24, 2.45) is 0 Å². The van der Waals surface area contributed by atoms with Gasteiger partial charge in [-0.2, -0.15) is 0 Å². The number of imide groups is 2. The summed E-state index contributed by atoms with van der Waals surface area (Å²) in [5.74, 6) is -1.06. The second-order valence-electron chi connectivity index (χ2n) is 6.07. The number of barbiturate groups is 1. The van der Waals surface area contributed by atoms with Gasteiger partial charge < -0.3 is 0 Å². The first-order chi connectivity index (χ1) is 11.8. The molecule has 1 heterocycles. The Labute approximate surface area is 148 Å². The van der Waals surface area contributed by atoms with Crippen LogP contribution in [0.15, 0.2) is 35.4 Å². The molecule has 0 spiro atoms. The number of amides is 4. The molecule has 4 amide bonds. The van der Waals surface area contributed by atoms with E-state index in [9.17, 15) is 14.4 Å².